The fourth-order valence-corrected chi connectivity index (χ4v) is 3.68. The van der Waals surface area contributed by atoms with E-state index in [1.165, 1.54) is 4.90 Å². The van der Waals surface area contributed by atoms with Gasteiger partial charge in [0.1, 0.15) is 11.4 Å². The van der Waals surface area contributed by atoms with Crippen molar-refractivity contribution in [3.63, 3.8) is 0 Å². The number of ether oxygens (including phenoxy) is 1. The molecule has 4 rings (SSSR count). The van der Waals surface area contributed by atoms with Gasteiger partial charge in [-0.1, -0.05) is 36.4 Å². The van der Waals surface area contributed by atoms with E-state index in [0.29, 0.717) is 22.6 Å². The number of benzene rings is 3. The Balaban J connectivity index is 1.85. The average molecular weight is 412 g/mol. The highest BCUT2D eigenvalue weighted by Crippen LogP contribution is 2.35. The van der Waals surface area contributed by atoms with Crippen molar-refractivity contribution in [2.24, 2.45) is 0 Å². The van der Waals surface area contributed by atoms with Crippen molar-refractivity contribution in [1.29, 1.82) is 0 Å². The van der Waals surface area contributed by atoms with E-state index in [4.69, 9.17) is 4.74 Å². The lowest BCUT2D eigenvalue weighted by Crippen LogP contribution is -2.32. The van der Waals surface area contributed by atoms with Gasteiger partial charge in [-0.3, -0.25) is 9.59 Å². The molecule has 1 aliphatic rings. The normalized spacial score (nSPS) is 13.7. The highest BCUT2D eigenvalue weighted by Gasteiger charge is 2.40. The highest BCUT2D eigenvalue weighted by molar-refractivity contribution is 6.46. The van der Waals surface area contributed by atoms with Crippen LogP contribution in [0.4, 0.5) is 11.4 Å². The molecule has 31 heavy (non-hydrogen) atoms. The minimum absolute atomic E-state index is 0.269. The summed E-state index contributed by atoms with van der Waals surface area (Å²) in [6.45, 7) is 5.89. The first kappa shape index (κ1) is 20.4. The van der Waals surface area contributed by atoms with Crippen LogP contribution < -0.4 is 15.0 Å². The predicted octanol–water partition coefficient (Wildman–Crippen LogP) is 5.02. The fourth-order valence-electron chi connectivity index (χ4n) is 3.68. The molecule has 0 fully saturated rings. The summed E-state index contributed by atoms with van der Waals surface area (Å²) in [7, 11) is 1.59. The molecule has 0 spiro atoms. The van der Waals surface area contributed by atoms with E-state index in [9.17, 15) is 9.59 Å². The molecule has 0 saturated carbocycles. The number of anilines is 2. The zero-order valence-electron chi connectivity index (χ0n) is 18.0. The Morgan fingerprint density at radius 1 is 0.806 bits per heavy atom. The van der Waals surface area contributed by atoms with Crippen molar-refractivity contribution in [1.82, 2.24) is 0 Å². The number of amides is 2. The van der Waals surface area contributed by atoms with Gasteiger partial charge in [-0.25, -0.2) is 4.90 Å². The second-order valence-electron chi connectivity index (χ2n) is 7.71. The van der Waals surface area contributed by atoms with Crippen LogP contribution in [0.1, 0.15) is 22.3 Å². The Morgan fingerprint density at radius 3 is 2.19 bits per heavy atom. The minimum atomic E-state index is -0.373. The summed E-state index contributed by atoms with van der Waals surface area (Å²) in [5, 5.41) is 3.26. The van der Waals surface area contributed by atoms with Gasteiger partial charge < -0.3 is 10.1 Å². The maximum absolute atomic E-state index is 13.5. The van der Waals surface area contributed by atoms with Crippen LogP contribution in [0.5, 0.6) is 5.75 Å². The molecule has 0 aromatic heterocycles. The standard InChI is InChI=1S/C26H24N2O3/c1-16-6-5-7-20(14-16)28-25(29)23(19-10-12-21(31-4)13-11-19)24(26(28)30)27-22-15-17(2)8-9-18(22)3/h5-15,27H,1-4H3. The van der Waals surface area contributed by atoms with Gasteiger partial charge in [0.05, 0.1) is 18.4 Å². The van der Waals surface area contributed by atoms with Gasteiger partial charge in [-0.2, -0.15) is 0 Å². The molecule has 0 atom stereocenters. The van der Waals surface area contributed by atoms with Gasteiger partial charge in [0.25, 0.3) is 11.8 Å². The van der Waals surface area contributed by atoms with E-state index >= 15 is 0 Å². The third-order valence-electron chi connectivity index (χ3n) is 5.38. The summed E-state index contributed by atoms with van der Waals surface area (Å²) < 4.78 is 5.24. The number of nitrogens with zero attached hydrogens (tertiary/aromatic N) is 1. The van der Waals surface area contributed by atoms with Crippen LogP contribution in [-0.4, -0.2) is 18.9 Å². The van der Waals surface area contributed by atoms with Crippen LogP contribution in [0, 0.1) is 20.8 Å². The Bertz CT molecular complexity index is 1210. The number of carbonyl (C=O) groups is 2. The van der Waals surface area contributed by atoms with E-state index in [0.717, 1.165) is 22.4 Å². The first-order chi connectivity index (χ1) is 14.9. The maximum atomic E-state index is 13.5. The molecule has 156 valence electrons. The lowest BCUT2D eigenvalue weighted by atomic mass is 10.0. The second kappa shape index (κ2) is 8.11. The van der Waals surface area contributed by atoms with Gasteiger partial charge in [-0.15, -0.1) is 0 Å². The maximum Gasteiger partial charge on any atom is 0.282 e. The fraction of sp³-hybridized carbons (Fsp3) is 0.154. The molecule has 1 aliphatic heterocycles. The summed E-state index contributed by atoms with van der Waals surface area (Å²) in [6, 6.07) is 20.5. The summed E-state index contributed by atoms with van der Waals surface area (Å²) in [4.78, 5) is 28.2. The van der Waals surface area contributed by atoms with Crippen molar-refractivity contribution in [3.05, 3.63) is 94.7 Å². The zero-order chi connectivity index (χ0) is 22.1. The number of carbonyl (C=O) groups excluding carboxylic acids is 2. The van der Waals surface area contributed by atoms with Crippen LogP contribution in [-0.2, 0) is 9.59 Å². The number of hydrogen-bond acceptors (Lipinski definition) is 4. The average Bonchev–Trinajstić information content (AvgIpc) is 3.00. The SMILES string of the molecule is COc1ccc(C2=C(Nc3cc(C)ccc3C)C(=O)N(c3cccc(C)c3)C2=O)cc1. The van der Waals surface area contributed by atoms with Crippen LogP contribution in [0.3, 0.4) is 0 Å². The Hall–Kier alpha value is -3.86. The van der Waals surface area contributed by atoms with Crippen LogP contribution >= 0.6 is 0 Å². The highest BCUT2D eigenvalue weighted by atomic mass is 16.5. The molecule has 5 heteroatoms. The summed E-state index contributed by atoms with van der Waals surface area (Å²) >= 11 is 0. The van der Waals surface area contributed by atoms with Crippen molar-refractivity contribution in [2.45, 2.75) is 20.8 Å². The molecular formula is C26H24N2O3. The molecule has 0 bridgehead atoms. The summed E-state index contributed by atoms with van der Waals surface area (Å²) in [6.07, 6.45) is 0. The van der Waals surface area contributed by atoms with Crippen LogP contribution in [0.25, 0.3) is 5.57 Å². The number of rotatable bonds is 5. The largest absolute Gasteiger partial charge is 0.497 e. The third kappa shape index (κ3) is 3.82. The molecule has 3 aromatic carbocycles. The smallest absolute Gasteiger partial charge is 0.282 e. The molecule has 0 unspecified atom stereocenters. The zero-order valence-corrected chi connectivity index (χ0v) is 18.0. The van der Waals surface area contributed by atoms with Crippen LogP contribution in [0.15, 0.2) is 72.4 Å². The molecule has 2 amide bonds. The lowest BCUT2D eigenvalue weighted by Gasteiger charge is -2.16. The number of imide groups is 1. The first-order valence-electron chi connectivity index (χ1n) is 10.1. The van der Waals surface area contributed by atoms with Crippen molar-refractivity contribution in [2.75, 3.05) is 17.3 Å². The Morgan fingerprint density at radius 2 is 1.52 bits per heavy atom. The molecule has 0 radical (unpaired) electrons. The summed E-state index contributed by atoms with van der Waals surface area (Å²) in [5.74, 6) is -0.0448. The molecule has 5 nitrogen and oxygen atoms in total. The van der Waals surface area contributed by atoms with E-state index in [2.05, 4.69) is 5.32 Å². The molecular weight excluding hydrogens is 388 g/mol. The van der Waals surface area contributed by atoms with Crippen molar-refractivity contribution in [3.8, 4) is 5.75 Å². The molecule has 1 N–H and O–H groups in total. The Kier molecular flexibility index (Phi) is 5.34. The topological polar surface area (TPSA) is 58.6 Å². The number of hydrogen-bond donors (Lipinski definition) is 1. The van der Waals surface area contributed by atoms with Crippen LogP contribution in [0.2, 0.25) is 0 Å². The third-order valence-corrected chi connectivity index (χ3v) is 5.38. The van der Waals surface area contributed by atoms with Gasteiger partial charge in [-0.05, 0) is 73.4 Å². The van der Waals surface area contributed by atoms with E-state index in [-0.39, 0.29) is 17.5 Å². The lowest BCUT2D eigenvalue weighted by molar-refractivity contribution is -0.120. The van der Waals surface area contributed by atoms with E-state index < -0.39 is 0 Å². The van der Waals surface area contributed by atoms with Crippen molar-refractivity contribution >= 4 is 28.8 Å². The second-order valence-corrected chi connectivity index (χ2v) is 7.71. The van der Waals surface area contributed by atoms with Gasteiger partial charge in [0.2, 0.25) is 0 Å². The number of aryl methyl sites for hydroxylation is 3. The number of nitrogens with one attached hydrogen (secondary N) is 1. The quantitative estimate of drug-likeness (QED) is 0.598. The predicted molar refractivity (Wildman–Crippen MR) is 123 cm³/mol. The molecule has 0 saturated heterocycles. The molecule has 1 heterocycles. The monoisotopic (exact) mass is 412 g/mol. The minimum Gasteiger partial charge on any atom is -0.497 e. The van der Waals surface area contributed by atoms with Gasteiger partial charge in [0.15, 0.2) is 0 Å². The van der Waals surface area contributed by atoms with E-state index in [1.54, 1.807) is 37.4 Å². The van der Waals surface area contributed by atoms with E-state index in [1.807, 2.05) is 57.2 Å². The van der Waals surface area contributed by atoms with Gasteiger partial charge >= 0.3 is 0 Å². The summed E-state index contributed by atoms with van der Waals surface area (Å²) in [5.41, 5.74) is 5.64. The Labute approximate surface area is 182 Å². The molecule has 3 aromatic rings. The molecule has 0 aliphatic carbocycles. The van der Waals surface area contributed by atoms with Crippen molar-refractivity contribution < 1.29 is 14.3 Å². The first-order valence-corrected chi connectivity index (χ1v) is 10.1. The number of methoxy groups -OCH3 is 1. The van der Waals surface area contributed by atoms with Gasteiger partial charge in [0, 0.05) is 5.69 Å².